The van der Waals surface area contributed by atoms with E-state index in [1.165, 1.54) is 19.3 Å². The minimum Gasteiger partial charge on any atom is -0.384 e. The fourth-order valence-electron chi connectivity index (χ4n) is 2.38. The Labute approximate surface area is 102 Å². The average Bonchev–Trinajstić information content (AvgIpc) is 2.29. The lowest BCUT2D eigenvalue weighted by Gasteiger charge is -2.35. The number of amidine groups is 1. The van der Waals surface area contributed by atoms with Crippen LogP contribution in [0.15, 0.2) is 12.1 Å². The van der Waals surface area contributed by atoms with Gasteiger partial charge < -0.3 is 10.6 Å². The molecule has 0 radical (unpaired) electrons. The van der Waals surface area contributed by atoms with Crippen LogP contribution in [0.3, 0.4) is 0 Å². The number of nitrogens with zero attached hydrogens (tertiary/aromatic N) is 2. The molecule has 4 heteroatoms. The molecule has 92 valence electrons. The van der Waals surface area contributed by atoms with Crippen LogP contribution in [-0.2, 0) is 0 Å². The second kappa shape index (κ2) is 4.73. The lowest BCUT2D eigenvalue weighted by atomic mass is 10.0. The monoisotopic (exact) mass is 232 g/mol. The van der Waals surface area contributed by atoms with E-state index in [0.717, 1.165) is 23.6 Å². The Kier molecular flexibility index (Phi) is 3.31. The van der Waals surface area contributed by atoms with E-state index in [2.05, 4.69) is 16.8 Å². The molecule has 3 N–H and O–H groups in total. The fraction of sp³-hybridized carbons (Fsp3) is 0.538. The van der Waals surface area contributed by atoms with E-state index in [1.807, 2.05) is 19.1 Å². The van der Waals surface area contributed by atoms with Crippen molar-refractivity contribution in [1.29, 1.82) is 5.41 Å². The summed E-state index contributed by atoms with van der Waals surface area (Å²) >= 11 is 0. The van der Waals surface area contributed by atoms with Gasteiger partial charge in [-0.2, -0.15) is 0 Å². The quantitative estimate of drug-likeness (QED) is 0.606. The highest BCUT2D eigenvalue weighted by molar-refractivity contribution is 5.99. The smallest absolute Gasteiger partial charge is 0.140 e. The number of hydrogen-bond acceptors (Lipinski definition) is 3. The molecule has 1 aliphatic heterocycles. The van der Waals surface area contributed by atoms with Crippen molar-refractivity contribution in [2.45, 2.75) is 39.2 Å². The zero-order chi connectivity index (χ0) is 12.4. The normalized spacial score (nSPS) is 20.4. The number of nitrogens with one attached hydrogen (secondary N) is 1. The molecule has 1 fully saturated rings. The maximum atomic E-state index is 7.64. The van der Waals surface area contributed by atoms with Gasteiger partial charge in [-0.15, -0.1) is 0 Å². The summed E-state index contributed by atoms with van der Waals surface area (Å²) in [6, 6.07) is 4.30. The van der Waals surface area contributed by atoms with E-state index < -0.39 is 0 Å². The zero-order valence-corrected chi connectivity index (χ0v) is 10.5. The van der Waals surface area contributed by atoms with Gasteiger partial charge in [-0.25, -0.2) is 4.98 Å². The minimum atomic E-state index is 0.102. The van der Waals surface area contributed by atoms with Crippen LogP contribution in [-0.4, -0.2) is 23.4 Å². The molecular weight excluding hydrogens is 212 g/mol. The Morgan fingerprint density at radius 1 is 1.47 bits per heavy atom. The number of anilines is 1. The van der Waals surface area contributed by atoms with Gasteiger partial charge in [-0.1, -0.05) is 0 Å². The zero-order valence-electron chi connectivity index (χ0n) is 10.5. The van der Waals surface area contributed by atoms with Gasteiger partial charge in [0.1, 0.15) is 11.7 Å². The van der Waals surface area contributed by atoms with Crippen LogP contribution in [0.2, 0.25) is 0 Å². The van der Waals surface area contributed by atoms with Gasteiger partial charge in [-0.3, -0.25) is 5.41 Å². The molecule has 4 nitrogen and oxygen atoms in total. The molecule has 2 heterocycles. The SMILES string of the molecule is Cc1ccc(C(=N)N)c(N2CCCCC2C)n1. The lowest BCUT2D eigenvalue weighted by molar-refractivity contribution is 0.481. The van der Waals surface area contributed by atoms with Crippen LogP contribution in [0.4, 0.5) is 5.82 Å². The Morgan fingerprint density at radius 2 is 2.24 bits per heavy atom. The third kappa shape index (κ3) is 2.40. The topological polar surface area (TPSA) is 66.0 Å². The predicted molar refractivity (Wildman–Crippen MR) is 70.6 cm³/mol. The second-order valence-corrected chi connectivity index (χ2v) is 4.78. The summed E-state index contributed by atoms with van der Waals surface area (Å²) in [4.78, 5) is 6.86. The van der Waals surface area contributed by atoms with Gasteiger partial charge in [0, 0.05) is 18.3 Å². The van der Waals surface area contributed by atoms with Crippen molar-refractivity contribution in [2.75, 3.05) is 11.4 Å². The van der Waals surface area contributed by atoms with Gasteiger partial charge in [0.05, 0.1) is 5.56 Å². The van der Waals surface area contributed by atoms with Crippen LogP contribution in [0, 0.1) is 12.3 Å². The number of rotatable bonds is 2. The van der Waals surface area contributed by atoms with Gasteiger partial charge in [0.2, 0.25) is 0 Å². The largest absolute Gasteiger partial charge is 0.384 e. The number of hydrogen-bond donors (Lipinski definition) is 2. The van der Waals surface area contributed by atoms with E-state index in [4.69, 9.17) is 11.1 Å². The molecule has 1 atom stereocenters. The first-order chi connectivity index (χ1) is 8.09. The van der Waals surface area contributed by atoms with Crippen molar-refractivity contribution in [2.24, 2.45) is 5.73 Å². The molecule has 17 heavy (non-hydrogen) atoms. The third-order valence-corrected chi connectivity index (χ3v) is 3.38. The van der Waals surface area contributed by atoms with Crippen molar-refractivity contribution in [3.05, 3.63) is 23.4 Å². The molecule has 2 rings (SSSR count). The van der Waals surface area contributed by atoms with Crippen molar-refractivity contribution in [1.82, 2.24) is 4.98 Å². The van der Waals surface area contributed by atoms with Gasteiger partial charge in [0.15, 0.2) is 0 Å². The average molecular weight is 232 g/mol. The van der Waals surface area contributed by atoms with Gasteiger partial charge in [-0.05, 0) is 45.2 Å². The summed E-state index contributed by atoms with van der Waals surface area (Å²) in [6.45, 7) is 5.20. The van der Waals surface area contributed by atoms with E-state index >= 15 is 0 Å². The van der Waals surface area contributed by atoms with Crippen LogP contribution in [0.5, 0.6) is 0 Å². The van der Waals surface area contributed by atoms with Crippen molar-refractivity contribution in [3.8, 4) is 0 Å². The van der Waals surface area contributed by atoms with Crippen LogP contribution < -0.4 is 10.6 Å². The third-order valence-electron chi connectivity index (χ3n) is 3.38. The maximum absolute atomic E-state index is 7.64. The van der Waals surface area contributed by atoms with E-state index in [9.17, 15) is 0 Å². The standard InChI is InChI=1S/C13H20N4/c1-9-6-7-11(12(14)15)13(16-9)17-8-4-3-5-10(17)2/h6-7,10H,3-5,8H2,1-2H3,(H3,14,15). The Bertz CT molecular complexity index is 427. The van der Waals surface area contributed by atoms with Crippen molar-refractivity contribution < 1.29 is 0 Å². The van der Waals surface area contributed by atoms with Gasteiger partial charge >= 0.3 is 0 Å². The van der Waals surface area contributed by atoms with Crippen molar-refractivity contribution >= 4 is 11.7 Å². The van der Waals surface area contributed by atoms with Crippen LogP contribution >= 0.6 is 0 Å². The summed E-state index contributed by atoms with van der Waals surface area (Å²) in [6.07, 6.45) is 3.66. The highest BCUT2D eigenvalue weighted by Gasteiger charge is 2.22. The Morgan fingerprint density at radius 3 is 2.88 bits per heavy atom. The maximum Gasteiger partial charge on any atom is 0.140 e. The minimum absolute atomic E-state index is 0.102. The fourth-order valence-corrected chi connectivity index (χ4v) is 2.38. The summed E-state index contributed by atoms with van der Waals surface area (Å²) in [5.74, 6) is 0.981. The van der Waals surface area contributed by atoms with E-state index in [1.54, 1.807) is 0 Å². The Balaban J connectivity index is 2.41. The predicted octanol–water partition coefficient (Wildman–Crippen LogP) is 2.05. The van der Waals surface area contributed by atoms with Crippen molar-refractivity contribution in [3.63, 3.8) is 0 Å². The molecule has 1 aromatic heterocycles. The lowest BCUT2D eigenvalue weighted by Crippen LogP contribution is -2.39. The first kappa shape index (κ1) is 11.9. The van der Waals surface area contributed by atoms with E-state index in [0.29, 0.717) is 6.04 Å². The molecule has 1 aliphatic rings. The van der Waals surface area contributed by atoms with E-state index in [-0.39, 0.29) is 5.84 Å². The first-order valence-corrected chi connectivity index (χ1v) is 6.18. The molecule has 0 spiro atoms. The summed E-state index contributed by atoms with van der Waals surface area (Å²) in [7, 11) is 0. The number of nitrogens with two attached hydrogens (primary N) is 1. The van der Waals surface area contributed by atoms with Crippen LogP contribution in [0.1, 0.15) is 37.4 Å². The molecule has 0 aromatic carbocycles. The molecule has 0 bridgehead atoms. The molecular formula is C13H20N4. The molecule has 1 saturated heterocycles. The molecule has 0 aliphatic carbocycles. The summed E-state index contributed by atoms with van der Waals surface area (Å²) in [5.41, 5.74) is 7.36. The number of piperidine rings is 1. The summed E-state index contributed by atoms with van der Waals surface area (Å²) in [5, 5.41) is 7.64. The molecule has 0 amide bonds. The number of aromatic nitrogens is 1. The van der Waals surface area contributed by atoms with Gasteiger partial charge in [0.25, 0.3) is 0 Å². The molecule has 1 aromatic rings. The number of nitrogen functional groups attached to an aromatic ring is 1. The van der Waals surface area contributed by atoms with Crippen LogP contribution in [0.25, 0.3) is 0 Å². The first-order valence-electron chi connectivity index (χ1n) is 6.18. The Hall–Kier alpha value is -1.58. The summed E-state index contributed by atoms with van der Waals surface area (Å²) < 4.78 is 0. The molecule has 1 unspecified atom stereocenters. The number of aryl methyl sites for hydroxylation is 1. The second-order valence-electron chi connectivity index (χ2n) is 4.78. The highest BCUT2D eigenvalue weighted by atomic mass is 15.2. The number of pyridine rings is 1. The molecule has 0 saturated carbocycles. The highest BCUT2D eigenvalue weighted by Crippen LogP contribution is 2.26.